The van der Waals surface area contributed by atoms with E-state index in [0.717, 1.165) is 37.6 Å². The molecular weight excluding hydrogens is 408 g/mol. The van der Waals surface area contributed by atoms with E-state index in [1.807, 2.05) is 25.1 Å². The molecule has 1 fully saturated rings. The van der Waals surface area contributed by atoms with Crippen LogP contribution in [0.1, 0.15) is 30.6 Å². The molecule has 1 heterocycles. The molecule has 0 saturated carbocycles. The fraction of sp³-hybridized carbons (Fsp3) is 0.440. The minimum absolute atomic E-state index is 0.0987. The van der Waals surface area contributed by atoms with Crippen molar-refractivity contribution in [3.63, 3.8) is 0 Å². The number of carbonyl (C=O) groups excluding carboxylic acids is 2. The van der Waals surface area contributed by atoms with E-state index >= 15 is 0 Å². The van der Waals surface area contributed by atoms with E-state index in [1.54, 1.807) is 31.4 Å². The topological polar surface area (TPSA) is 68.3 Å². The molecule has 1 aliphatic rings. The number of benzene rings is 2. The van der Waals surface area contributed by atoms with E-state index in [-0.39, 0.29) is 24.5 Å². The van der Waals surface area contributed by atoms with Crippen LogP contribution < -0.4 is 14.4 Å². The molecule has 172 valence electrons. The highest BCUT2D eigenvalue weighted by molar-refractivity contribution is 5.95. The van der Waals surface area contributed by atoms with E-state index in [2.05, 4.69) is 15.9 Å². The van der Waals surface area contributed by atoms with Gasteiger partial charge in [-0.05, 0) is 36.4 Å². The lowest BCUT2D eigenvalue weighted by atomic mass is 10.1. The number of ether oxygens (including phenoxy) is 3. The van der Waals surface area contributed by atoms with Crippen LogP contribution in [-0.4, -0.2) is 69.2 Å². The van der Waals surface area contributed by atoms with Crippen molar-refractivity contribution in [1.29, 1.82) is 0 Å². The van der Waals surface area contributed by atoms with Crippen molar-refractivity contribution < 1.29 is 23.8 Å². The second-order valence-corrected chi connectivity index (χ2v) is 7.80. The van der Waals surface area contributed by atoms with Gasteiger partial charge in [0.2, 0.25) is 0 Å². The smallest absolute Gasteiger partial charge is 0.303 e. The standard InChI is InChI=1S/C25H32N2O5/c1-4-24(29)20-9-11-21(12-10-20)31-18-22(32-19(2)28)17-26-13-15-27(16-14-26)23-7-5-6-8-25(23)30-3/h5-12,22H,4,13-18H2,1-3H3. The Labute approximate surface area is 189 Å². The van der Waals surface area contributed by atoms with Gasteiger partial charge in [-0.2, -0.15) is 0 Å². The quantitative estimate of drug-likeness (QED) is 0.414. The first-order valence-electron chi connectivity index (χ1n) is 11.0. The van der Waals surface area contributed by atoms with E-state index in [0.29, 0.717) is 24.3 Å². The van der Waals surface area contributed by atoms with Gasteiger partial charge in [-0.25, -0.2) is 0 Å². The van der Waals surface area contributed by atoms with Crippen LogP contribution in [0, 0.1) is 0 Å². The van der Waals surface area contributed by atoms with Gasteiger partial charge in [0.15, 0.2) is 5.78 Å². The minimum Gasteiger partial charge on any atom is -0.495 e. The van der Waals surface area contributed by atoms with Gasteiger partial charge in [-0.15, -0.1) is 0 Å². The number of Topliss-reactive ketones (excluding diaryl/α,β-unsaturated/α-hetero) is 1. The maximum Gasteiger partial charge on any atom is 0.303 e. The largest absolute Gasteiger partial charge is 0.495 e. The lowest BCUT2D eigenvalue weighted by molar-refractivity contribution is -0.148. The zero-order valence-corrected chi connectivity index (χ0v) is 19.1. The number of para-hydroxylation sites is 2. The van der Waals surface area contributed by atoms with Crippen LogP contribution in [0.2, 0.25) is 0 Å². The van der Waals surface area contributed by atoms with Crippen LogP contribution >= 0.6 is 0 Å². The van der Waals surface area contributed by atoms with Crippen molar-refractivity contribution in [2.75, 3.05) is 51.3 Å². The highest BCUT2D eigenvalue weighted by atomic mass is 16.6. The zero-order valence-electron chi connectivity index (χ0n) is 19.1. The lowest BCUT2D eigenvalue weighted by Gasteiger charge is -2.37. The van der Waals surface area contributed by atoms with Gasteiger partial charge in [-0.3, -0.25) is 14.5 Å². The van der Waals surface area contributed by atoms with Crippen molar-refractivity contribution >= 4 is 17.4 Å². The van der Waals surface area contributed by atoms with Crippen molar-refractivity contribution in [3.8, 4) is 11.5 Å². The third-order valence-corrected chi connectivity index (χ3v) is 5.53. The molecule has 7 nitrogen and oxygen atoms in total. The second-order valence-electron chi connectivity index (χ2n) is 7.80. The summed E-state index contributed by atoms with van der Waals surface area (Å²) in [6.07, 6.45) is 0.0984. The Morgan fingerprint density at radius 1 is 1.00 bits per heavy atom. The molecule has 0 N–H and O–H groups in total. The van der Waals surface area contributed by atoms with Crippen LogP contribution in [0.5, 0.6) is 11.5 Å². The predicted molar refractivity (Wildman–Crippen MR) is 124 cm³/mol. The predicted octanol–water partition coefficient (Wildman–Crippen LogP) is 3.42. The van der Waals surface area contributed by atoms with Crippen molar-refractivity contribution in [2.24, 2.45) is 0 Å². The molecule has 32 heavy (non-hydrogen) atoms. The maximum absolute atomic E-state index is 11.8. The molecule has 3 rings (SSSR count). The minimum atomic E-state index is -0.373. The van der Waals surface area contributed by atoms with E-state index < -0.39 is 0 Å². The fourth-order valence-corrected chi connectivity index (χ4v) is 3.84. The van der Waals surface area contributed by atoms with Gasteiger partial charge in [-0.1, -0.05) is 19.1 Å². The van der Waals surface area contributed by atoms with E-state index in [4.69, 9.17) is 14.2 Å². The number of ketones is 1. The first-order chi connectivity index (χ1) is 15.5. The summed E-state index contributed by atoms with van der Waals surface area (Å²) in [7, 11) is 1.69. The molecule has 1 aliphatic heterocycles. The Morgan fingerprint density at radius 3 is 2.31 bits per heavy atom. The van der Waals surface area contributed by atoms with Crippen molar-refractivity contribution in [3.05, 3.63) is 54.1 Å². The number of piperazine rings is 1. The number of nitrogens with zero attached hydrogens (tertiary/aromatic N) is 2. The Hall–Kier alpha value is -3.06. The zero-order chi connectivity index (χ0) is 22.9. The summed E-state index contributed by atoms with van der Waals surface area (Å²) in [4.78, 5) is 28.0. The van der Waals surface area contributed by atoms with Crippen molar-refractivity contribution in [2.45, 2.75) is 26.4 Å². The third kappa shape index (κ3) is 6.47. The van der Waals surface area contributed by atoms with E-state index in [1.165, 1.54) is 6.92 Å². The number of anilines is 1. The van der Waals surface area contributed by atoms with Crippen LogP contribution in [0.25, 0.3) is 0 Å². The highest BCUT2D eigenvalue weighted by Gasteiger charge is 2.23. The SMILES string of the molecule is CCC(=O)c1ccc(OCC(CN2CCN(c3ccccc3OC)CC2)OC(C)=O)cc1. The summed E-state index contributed by atoms with van der Waals surface area (Å²) in [5.74, 6) is 1.30. The summed E-state index contributed by atoms with van der Waals surface area (Å²) in [6.45, 7) is 7.54. The van der Waals surface area contributed by atoms with Crippen LogP contribution in [0.3, 0.4) is 0 Å². The number of hydrogen-bond donors (Lipinski definition) is 0. The Kier molecular flexibility index (Phi) is 8.50. The summed E-state index contributed by atoms with van der Waals surface area (Å²) in [5, 5.41) is 0. The normalized spacial score (nSPS) is 15.2. The Bertz CT molecular complexity index is 891. The fourth-order valence-electron chi connectivity index (χ4n) is 3.84. The summed E-state index contributed by atoms with van der Waals surface area (Å²) < 4.78 is 16.9. The lowest BCUT2D eigenvalue weighted by Crippen LogP contribution is -2.50. The highest BCUT2D eigenvalue weighted by Crippen LogP contribution is 2.28. The van der Waals surface area contributed by atoms with E-state index in [9.17, 15) is 9.59 Å². The van der Waals surface area contributed by atoms with Crippen LogP contribution in [0.4, 0.5) is 5.69 Å². The molecule has 0 aromatic heterocycles. The maximum atomic E-state index is 11.8. The number of carbonyl (C=O) groups is 2. The van der Waals surface area contributed by atoms with Crippen LogP contribution in [-0.2, 0) is 9.53 Å². The summed E-state index contributed by atoms with van der Waals surface area (Å²) in [6, 6.07) is 15.1. The van der Waals surface area contributed by atoms with Gasteiger partial charge >= 0.3 is 5.97 Å². The summed E-state index contributed by atoms with van der Waals surface area (Å²) >= 11 is 0. The average molecular weight is 441 g/mol. The van der Waals surface area contributed by atoms with Gasteiger partial charge in [0, 0.05) is 51.6 Å². The molecule has 0 radical (unpaired) electrons. The molecular formula is C25H32N2O5. The molecule has 0 bridgehead atoms. The number of methoxy groups -OCH3 is 1. The second kappa shape index (κ2) is 11.5. The summed E-state index contributed by atoms with van der Waals surface area (Å²) in [5.41, 5.74) is 1.77. The first kappa shape index (κ1) is 23.6. The molecule has 2 aromatic carbocycles. The van der Waals surface area contributed by atoms with Gasteiger partial charge < -0.3 is 19.1 Å². The molecule has 0 amide bonds. The average Bonchev–Trinajstić information content (AvgIpc) is 2.82. The molecule has 1 unspecified atom stereocenters. The van der Waals surface area contributed by atoms with Crippen LogP contribution in [0.15, 0.2) is 48.5 Å². The third-order valence-electron chi connectivity index (χ3n) is 5.53. The van der Waals surface area contributed by atoms with Gasteiger partial charge in [0.25, 0.3) is 0 Å². The molecule has 0 spiro atoms. The number of hydrogen-bond acceptors (Lipinski definition) is 7. The Balaban J connectivity index is 1.53. The van der Waals surface area contributed by atoms with Gasteiger partial charge in [0.1, 0.15) is 24.2 Å². The first-order valence-corrected chi connectivity index (χ1v) is 11.0. The molecule has 1 saturated heterocycles. The number of esters is 1. The monoisotopic (exact) mass is 440 g/mol. The molecule has 0 aliphatic carbocycles. The molecule has 2 aromatic rings. The number of rotatable bonds is 10. The van der Waals surface area contributed by atoms with Gasteiger partial charge in [0.05, 0.1) is 12.8 Å². The Morgan fingerprint density at radius 2 is 1.69 bits per heavy atom. The molecule has 7 heteroatoms. The van der Waals surface area contributed by atoms with Crippen molar-refractivity contribution in [1.82, 2.24) is 4.90 Å². The molecule has 1 atom stereocenters.